The predicted octanol–water partition coefficient (Wildman–Crippen LogP) is 1.30. The first kappa shape index (κ1) is 38.6. The Morgan fingerprint density at radius 1 is 1.22 bits per heavy atom. The summed E-state index contributed by atoms with van der Waals surface area (Å²) in [5.74, 6) is -5.07. The van der Waals surface area contributed by atoms with Crippen LogP contribution in [-0.4, -0.2) is 104 Å². The number of hydrogen-bond donors (Lipinski definition) is 5. The van der Waals surface area contributed by atoms with Crippen molar-refractivity contribution in [3.63, 3.8) is 0 Å². The molecule has 0 radical (unpaired) electrons. The number of ether oxygens (including phenoxy) is 1. The zero-order valence-electron chi connectivity index (χ0n) is 29.3. The fourth-order valence-corrected chi connectivity index (χ4v) is 7.70. The topological polar surface area (TPSA) is 247 Å². The van der Waals surface area contributed by atoms with Crippen molar-refractivity contribution in [1.82, 2.24) is 20.5 Å². The van der Waals surface area contributed by atoms with E-state index >= 15 is 4.39 Å². The van der Waals surface area contributed by atoms with Crippen molar-refractivity contribution in [3.8, 4) is 11.1 Å². The average molecular weight is 798 g/mol. The zero-order valence-corrected chi connectivity index (χ0v) is 31.0. The number of nitrogens with zero attached hydrogens (tertiary/aromatic N) is 5. The smallest absolute Gasteiger partial charge is 0.414 e. The summed E-state index contributed by atoms with van der Waals surface area (Å²) in [4.78, 5) is 86.1. The molecule has 288 valence electrons. The molecule has 0 spiro atoms. The number of aromatic nitrogens is 2. The number of nitrogens with two attached hydrogens (primary N) is 1. The standard InChI is InChI=1S/C34H33FN8O10S2/c1-16(44)37-10-20-13-42(33(51)52-20)19-6-7-21(22(35)9-19)17-5-4-8-41(11-17)12-18-14-54-29-25(28(46)43(29)26(18)30(47)48)39-27(45)24(23-15-55-32(36)38-23)40-53-34(2,3)31(49)50/h4-9,11,15,20,25,29H,10,12-14H2,1-3H3,(H5-,36,37,38,39,44,45,47,48,49,50)/p+1/b40-24-/t20-,25+,29?/m0/s1. The summed E-state index contributed by atoms with van der Waals surface area (Å²) in [5, 5.41) is 29.2. The first-order valence-corrected chi connectivity index (χ1v) is 18.4. The molecule has 2 aromatic heterocycles. The molecular formula is C34H34FN8O10S2+. The lowest BCUT2D eigenvalue weighted by molar-refractivity contribution is -0.688. The number of amides is 4. The molecule has 1 aromatic carbocycles. The molecule has 6 rings (SSSR count). The van der Waals surface area contributed by atoms with Crippen molar-refractivity contribution in [2.45, 2.75) is 50.4 Å². The van der Waals surface area contributed by atoms with Gasteiger partial charge in [0.25, 0.3) is 11.8 Å². The average Bonchev–Trinajstić information content (AvgIpc) is 3.73. The maximum Gasteiger partial charge on any atom is 0.414 e. The molecular weight excluding hydrogens is 764 g/mol. The molecule has 1 unspecified atom stereocenters. The number of halogens is 1. The highest BCUT2D eigenvalue weighted by atomic mass is 32.2. The van der Waals surface area contributed by atoms with Gasteiger partial charge in [-0.2, -0.15) is 0 Å². The maximum atomic E-state index is 15.5. The molecule has 0 saturated carbocycles. The number of oxime groups is 1. The Hall–Kier alpha value is -6.09. The molecule has 0 aliphatic carbocycles. The van der Waals surface area contributed by atoms with E-state index in [0.717, 1.165) is 16.2 Å². The number of fused-ring (bicyclic) bond motifs is 1. The van der Waals surface area contributed by atoms with Crippen molar-refractivity contribution in [3.05, 3.63) is 70.9 Å². The second-order valence-electron chi connectivity index (χ2n) is 13.0. The molecule has 2 fully saturated rings. The van der Waals surface area contributed by atoms with Gasteiger partial charge >= 0.3 is 18.0 Å². The number of anilines is 2. The number of aliphatic carboxylic acids is 2. The Bertz CT molecular complexity index is 2180. The first-order valence-electron chi connectivity index (χ1n) is 16.5. The quantitative estimate of drug-likeness (QED) is 0.0710. The van der Waals surface area contributed by atoms with Crippen LogP contribution in [-0.2, 0) is 40.1 Å². The summed E-state index contributed by atoms with van der Waals surface area (Å²) in [6.07, 6.45) is 2.02. The van der Waals surface area contributed by atoms with Crippen LogP contribution in [0.15, 0.2) is 64.5 Å². The summed E-state index contributed by atoms with van der Waals surface area (Å²) >= 11 is 2.22. The number of nitrogen functional groups attached to an aromatic ring is 1. The highest BCUT2D eigenvalue weighted by molar-refractivity contribution is 8.00. The van der Waals surface area contributed by atoms with Crippen molar-refractivity contribution >= 4 is 75.4 Å². The lowest BCUT2D eigenvalue weighted by Crippen LogP contribution is -2.71. The van der Waals surface area contributed by atoms with Gasteiger partial charge in [-0.05, 0) is 38.1 Å². The van der Waals surface area contributed by atoms with Crippen LogP contribution in [0.25, 0.3) is 11.1 Å². The van der Waals surface area contributed by atoms with Crippen molar-refractivity contribution in [1.29, 1.82) is 0 Å². The van der Waals surface area contributed by atoms with Crippen LogP contribution in [0.1, 0.15) is 26.5 Å². The fraction of sp³-hybridized carbons (Fsp3) is 0.324. The van der Waals surface area contributed by atoms with Crippen LogP contribution in [0.2, 0.25) is 0 Å². The number of thioether (sulfide) groups is 1. The minimum Gasteiger partial charge on any atom is -0.478 e. The van der Waals surface area contributed by atoms with E-state index in [-0.39, 0.29) is 59.1 Å². The largest absolute Gasteiger partial charge is 0.478 e. The summed E-state index contributed by atoms with van der Waals surface area (Å²) in [7, 11) is 0. The van der Waals surface area contributed by atoms with Crippen LogP contribution in [0.3, 0.4) is 0 Å². The van der Waals surface area contributed by atoms with Crippen LogP contribution in [0, 0.1) is 5.82 Å². The molecule has 5 heterocycles. The van der Waals surface area contributed by atoms with Gasteiger partial charge in [0.2, 0.25) is 11.5 Å². The molecule has 6 N–H and O–H groups in total. The number of carbonyl (C=O) groups excluding carboxylic acids is 4. The zero-order chi connectivity index (χ0) is 39.8. The van der Waals surface area contributed by atoms with E-state index in [9.17, 15) is 39.0 Å². The van der Waals surface area contributed by atoms with Crippen molar-refractivity contribution in [2.75, 3.05) is 29.5 Å². The van der Waals surface area contributed by atoms with Crippen LogP contribution < -0.4 is 25.8 Å². The molecule has 2 saturated heterocycles. The molecule has 55 heavy (non-hydrogen) atoms. The molecule has 3 aliphatic heterocycles. The second-order valence-corrected chi connectivity index (χ2v) is 15.0. The first-order chi connectivity index (χ1) is 26.0. The van der Waals surface area contributed by atoms with Gasteiger partial charge in [-0.15, -0.1) is 23.1 Å². The van der Waals surface area contributed by atoms with E-state index in [4.69, 9.17) is 15.3 Å². The molecule has 0 bridgehead atoms. The maximum absolute atomic E-state index is 15.5. The third-order valence-electron chi connectivity index (χ3n) is 8.66. The van der Waals surface area contributed by atoms with Crippen molar-refractivity contribution < 1.29 is 57.5 Å². The number of cyclic esters (lactones) is 1. The van der Waals surface area contributed by atoms with Gasteiger partial charge in [-0.25, -0.2) is 28.3 Å². The Morgan fingerprint density at radius 2 is 1.98 bits per heavy atom. The van der Waals surface area contributed by atoms with Gasteiger partial charge in [-0.1, -0.05) is 5.16 Å². The number of pyridine rings is 1. The van der Waals surface area contributed by atoms with Gasteiger partial charge in [0, 0.05) is 40.8 Å². The van der Waals surface area contributed by atoms with Crippen LogP contribution >= 0.6 is 23.1 Å². The fourth-order valence-electron chi connectivity index (χ4n) is 5.82. The number of thiazole rings is 1. The highest BCUT2D eigenvalue weighted by Gasteiger charge is 2.55. The monoisotopic (exact) mass is 797 g/mol. The minimum atomic E-state index is -1.81. The number of nitrogens with one attached hydrogen (secondary N) is 2. The highest BCUT2D eigenvalue weighted by Crippen LogP contribution is 2.40. The lowest BCUT2D eigenvalue weighted by atomic mass is 10.0. The Kier molecular flexibility index (Phi) is 10.8. The van der Waals surface area contributed by atoms with E-state index in [1.54, 1.807) is 35.2 Å². The van der Waals surface area contributed by atoms with E-state index in [1.165, 1.54) is 54.9 Å². The lowest BCUT2D eigenvalue weighted by Gasteiger charge is -2.49. The summed E-state index contributed by atoms with van der Waals surface area (Å²) in [6, 6.07) is 6.44. The third kappa shape index (κ3) is 8.06. The molecule has 4 amide bonds. The van der Waals surface area contributed by atoms with E-state index in [0.29, 0.717) is 11.1 Å². The SMILES string of the molecule is CC(=O)NC[C@H]1CN(c2ccc(-c3ccc[n+](CC4=C(C(=O)O)N5C(=O)[C@@H](NC(=O)/C(=N\OC(C)(C)C(=O)O)c6csc(N)n6)C5SC4)c3)c(F)c2)C(=O)O1. The Morgan fingerprint density at radius 3 is 2.64 bits per heavy atom. The Balaban J connectivity index is 1.17. The Labute approximate surface area is 319 Å². The molecule has 18 nitrogen and oxygen atoms in total. The predicted molar refractivity (Wildman–Crippen MR) is 194 cm³/mol. The molecule has 3 aromatic rings. The molecule has 3 atom stereocenters. The van der Waals surface area contributed by atoms with E-state index < -0.39 is 64.5 Å². The summed E-state index contributed by atoms with van der Waals surface area (Å²) in [5.41, 5.74) is 4.52. The van der Waals surface area contributed by atoms with Crippen LogP contribution in [0.5, 0.6) is 0 Å². The van der Waals surface area contributed by atoms with Gasteiger partial charge in [0.05, 0.1) is 18.8 Å². The molecule has 3 aliphatic rings. The second kappa shape index (κ2) is 15.3. The number of benzene rings is 1. The number of rotatable bonds is 13. The summed E-state index contributed by atoms with van der Waals surface area (Å²) < 4.78 is 22.4. The third-order valence-corrected chi connectivity index (χ3v) is 10.7. The number of β-lactam (4-membered cyclic amide) rings is 1. The van der Waals surface area contributed by atoms with Crippen molar-refractivity contribution in [2.24, 2.45) is 5.16 Å². The number of carboxylic acid groups (broad SMARTS) is 2. The van der Waals surface area contributed by atoms with Gasteiger partial charge in [0.1, 0.15) is 34.7 Å². The molecule has 21 heteroatoms. The van der Waals surface area contributed by atoms with E-state index in [2.05, 4.69) is 20.8 Å². The van der Waals surface area contributed by atoms with Gasteiger partial charge < -0.3 is 36.2 Å². The normalized spacial score (nSPS) is 19.7. The van der Waals surface area contributed by atoms with Crippen LogP contribution in [0.4, 0.5) is 20.0 Å². The number of carboxylic acids is 2. The van der Waals surface area contributed by atoms with E-state index in [1.807, 2.05) is 0 Å². The van der Waals surface area contributed by atoms with Gasteiger partial charge in [0.15, 0.2) is 29.8 Å². The van der Waals surface area contributed by atoms with Gasteiger partial charge in [-0.3, -0.25) is 24.2 Å². The number of hydrogen-bond acceptors (Lipinski definition) is 13. The minimum absolute atomic E-state index is 0.0192. The summed E-state index contributed by atoms with van der Waals surface area (Å²) in [6.45, 7) is 4.06. The number of carbonyl (C=O) groups is 6.